The first-order valence-corrected chi connectivity index (χ1v) is 11.2. The van der Waals surface area contributed by atoms with Gasteiger partial charge in [-0.05, 0) is 33.3 Å². The van der Waals surface area contributed by atoms with Crippen LogP contribution in [0.15, 0.2) is 29.4 Å². The van der Waals surface area contributed by atoms with E-state index in [-0.39, 0.29) is 18.0 Å². The van der Waals surface area contributed by atoms with E-state index in [4.69, 9.17) is 4.74 Å². The van der Waals surface area contributed by atoms with Crippen molar-refractivity contribution in [1.29, 1.82) is 0 Å². The molecule has 1 aliphatic rings. The SMILES string of the molecule is CCn1c(SCC(=O)NC(C)C(C)N2CCOCC2)nnc1-c1ccccc1C. The van der Waals surface area contributed by atoms with Gasteiger partial charge in [-0.15, -0.1) is 10.2 Å². The molecule has 2 atom stereocenters. The summed E-state index contributed by atoms with van der Waals surface area (Å²) < 4.78 is 7.48. The van der Waals surface area contributed by atoms with E-state index in [1.165, 1.54) is 11.8 Å². The van der Waals surface area contributed by atoms with Gasteiger partial charge in [0.2, 0.25) is 5.91 Å². The van der Waals surface area contributed by atoms with Gasteiger partial charge < -0.3 is 14.6 Å². The predicted octanol–water partition coefficient (Wildman–Crippen LogP) is 2.59. The van der Waals surface area contributed by atoms with Crippen molar-refractivity contribution < 1.29 is 9.53 Å². The Bertz CT molecular complexity index is 819. The van der Waals surface area contributed by atoms with Crippen LogP contribution < -0.4 is 5.32 Å². The summed E-state index contributed by atoms with van der Waals surface area (Å²) in [6.45, 7) is 12.5. The number of nitrogens with zero attached hydrogens (tertiary/aromatic N) is 4. The molecule has 8 heteroatoms. The third-order valence-corrected chi connectivity index (χ3v) is 6.45. The number of ether oxygens (including phenoxy) is 1. The number of nitrogens with one attached hydrogen (secondary N) is 1. The number of amides is 1. The molecular weight excluding hydrogens is 386 g/mol. The van der Waals surface area contributed by atoms with Crippen LogP contribution in [-0.4, -0.2) is 69.7 Å². The molecule has 2 aromatic rings. The monoisotopic (exact) mass is 417 g/mol. The molecule has 1 aromatic heterocycles. The third-order valence-electron chi connectivity index (χ3n) is 5.49. The van der Waals surface area contributed by atoms with E-state index in [1.54, 1.807) is 0 Å². The van der Waals surface area contributed by atoms with Crippen LogP contribution in [0.25, 0.3) is 11.4 Å². The molecule has 158 valence electrons. The van der Waals surface area contributed by atoms with E-state index in [0.29, 0.717) is 5.75 Å². The van der Waals surface area contributed by atoms with Gasteiger partial charge in [0.1, 0.15) is 0 Å². The van der Waals surface area contributed by atoms with Crippen molar-refractivity contribution in [2.45, 2.75) is 51.5 Å². The van der Waals surface area contributed by atoms with Gasteiger partial charge in [0, 0.05) is 37.3 Å². The molecule has 0 bridgehead atoms. The summed E-state index contributed by atoms with van der Waals surface area (Å²) in [6, 6.07) is 8.51. The van der Waals surface area contributed by atoms with Crippen molar-refractivity contribution in [3.8, 4) is 11.4 Å². The summed E-state index contributed by atoms with van der Waals surface area (Å²) in [6.07, 6.45) is 0. The summed E-state index contributed by atoms with van der Waals surface area (Å²) in [7, 11) is 0. The molecule has 0 radical (unpaired) electrons. The van der Waals surface area contributed by atoms with Crippen molar-refractivity contribution in [2.75, 3.05) is 32.1 Å². The van der Waals surface area contributed by atoms with Crippen LogP contribution in [0.1, 0.15) is 26.3 Å². The zero-order valence-electron chi connectivity index (χ0n) is 17.7. The molecule has 0 spiro atoms. The van der Waals surface area contributed by atoms with Crippen molar-refractivity contribution >= 4 is 17.7 Å². The number of morpholine rings is 1. The van der Waals surface area contributed by atoms with Crippen LogP contribution >= 0.6 is 11.8 Å². The number of hydrogen-bond acceptors (Lipinski definition) is 6. The Balaban J connectivity index is 1.58. The van der Waals surface area contributed by atoms with Gasteiger partial charge in [0.15, 0.2) is 11.0 Å². The van der Waals surface area contributed by atoms with E-state index in [9.17, 15) is 4.79 Å². The van der Waals surface area contributed by atoms with Crippen molar-refractivity contribution in [3.63, 3.8) is 0 Å². The highest BCUT2D eigenvalue weighted by molar-refractivity contribution is 7.99. The minimum absolute atomic E-state index is 0.0192. The minimum Gasteiger partial charge on any atom is -0.379 e. The standard InChI is InChI=1S/C21H31N5O2S/c1-5-26-20(18-9-7-6-8-15(18)2)23-24-21(26)29-14-19(27)22-16(3)17(4)25-10-12-28-13-11-25/h6-9,16-17H,5,10-14H2,1-4H3,(H,22,27). The smallest absolute Gasteiger partial charge is 0.230 e. The molecule has 2 heterocycles. The lowest BCUT2D eigenvalue weighted by atomic mass is 10.1. The van der Waals surface area contributed by atoms with E-state index in [1.807, 2.05) is 12.1 Å². The average Bonchev–Trinajstić information content (AvgIpc) is 3.15. The van der Waals surface area contributed by atoms with Crippen molar-refractivity contribution in [3.05, 3.63) is 29.8 Å². The molecular formula is C21H31N5O2S. The molecule has 0 aliphatic carbocycles. The molecule has 0 saturated carbocycles. The predicted molar refractivity (Wildman–Crippen MR) is 116 cm³/mol. The average molecular weight is 418 g/mol. The van der Waals surface area contributed by atoms with Crippen LogP contribution in [0.4, 0.5) is 0 Å². The Morgan fingerprint density at radius 1 is 1.24 bits per heavy atom. The van der Waals surface area contributed by atoms with Crippen molar-refractivity contribution in [1.82, 2.24) is 25.0 Å². The quantitative estimate of drug-likeness (QED) is 0.666. The van der Waals surface area contributed by atoms with Gasteiger partial charge in [-0.2, -0.15) is 0 Å². The summed E-state index contributed by atoms with van der Waals surface area (Å²) in [5, 5.41) is 12.6. The van der Waals surface area contributed by atoms with Crippen molar-refractivity contribution in [2.24, 2.45) is 0 Å². The maximum atomic E-state index is 12.5. The first-order chi connectivity index (χ1) is 14.0. The minimum atomic E-state index is 0.0192. The first-order valence-electron chi connectivity index (χ1n) is 10.2. The van der Waals surface area contributed by atoms with Gasteiger partial charge in [-0.25, -0.2) is 0 Å². The van der Waals surface area contributed by atoms with Gasteiger partial charge in [-0.1, -0.05) is 36.0 Å². The topological polar surface area (TPSA) is 72.3 Å². The first kappa shape index (κ1) is 21.8. The number of carbonyl (C=O) groups is 1. The fourth-order valence-electron chi connectivity index (χ4n) is 3.55. The van der Waals surface area contributed by atoms with Crippen LogP contribution in [0, 0.1) is 6.92 Å². The van der Waals surface area contributed by atoms with Crippen LogP contribution in [0.2, 0.25) is 0 Å². The highest BCUT2D eigenvalue weighted by Gasteiger charge is 2.23. The lowest BCUT2D eigenvalue weighted by Gasteiger charge is -2.35. The molecule has 1 aromatic carbocycles. The van der Waals surface area contributed by atoms with Crippen LogP contribution in [-0.2, 0) is 16.1 Å². The second-order valence-electron chi connectivity index (χ2n) is 7.40. The fraction of sp³-hybridized carbons (Fsp3) is 0.571. The van der Waals surface area contributed by atoms with Gasteiger partial charge in [0.05, 0.1) is 19.0 Å². The summed E-state index contributed by atoms with van der Waals surface area (Å²) >= 11 is 1.43. The maximum absolute atomic E-state index is 12.5. The van der Waals surface area contributed by atoms with Gasteiger partial charge in [0.25, 0.3) is 0 Å². The van der Waals surface area contributed by atoms with Crippen LogP contribution in [0.3, 0.4) is 0 Å². The zero-order valence-corrected chi connectivity index (χ0v) is 18.5. The number of carbonyl (C=O) groups excluding carboxylic acids is 1. The Hall–Kier alpha value is -1.90. The van der Waals surface area contributed by atoms with Gasteiger partial charge >= 0.3 is 0 Å². The summed E-state index contributed by atoms with van der Waals surface area (Å²) in [4.78, 5) is 14.9. The van der Waals surface area contributed by atoms with E-state index in [2.05, 4.69) is 64.8 Å². The zero-order chi connectivity index (χ0) is 20.8. The summed E-state index contributed by atoms with van der Waals surface area (Å²) in [5.41, 5.74) is 2.24. The Kier molecular flexibility index (Phi) is 7.69. The highest BCUT2D eigenvalue weighted by Crippen LogP contribution is 2.26. The number of benzene rings is 1. The Labute approximate surface area is 177 Å². The lowest BCUT2D eigenvalue weighted by Crippen LogP contribution is -2.52. The van der Waals surface area contributed by atoms with Crippen LogP contribution in [0.5, 0.6) is 0 Å². The Morgan fingerprint density at radius 2 is 1.97 bits per heavy atom. The number of thioether (sulfide) groups is 1. The molecule has 1 aliphatic heterocycles. The molecule has 3 rings (SSSR count). The molecule has 7 nitrogen and oxygen atoms in total. The number of rotatable bonds is 8. The second-order valence-corrected chi connectivity index (χ2v) is 8.34. The molecule has 1 saturated heterocycles. The second kappa shape index (κ2) is 10.2. The number of aryl methyl sites for hydroxylation is 1. The van der Waals surface area contributed by atoms with E-state index in [0.717, 1.165) is 55.0 Å². The number of hydrogen-bond donors (Lipinski definition) is 1. The van der Waals surface area contributed by atoms with E-state index < -0.39 is 0 Å². The lowest BCUT2D eigenvalue weighted by molar-refractivity contribution is -0.119. The molecule has 1 amide bonds. The number of aromatic nitrogens is 3. The summed E-state index contributed by atoms with van der Waals surface area (Å²) in [5.74, 6) is 1.19. The Morgan fingerprint density at radius 3 is 2.66 bits per heavy atom. The molecule has 1 fully saturated rings. The third kappa shape index (κ3) is 5.38. The van der Waals surface area contributed by atoms with E-state index >= 15 is 0 Å². The fourth-order valence-corrected chi connectivity index (χ4v) is 4.36. The largest absolute Gasteiger partial charge is 0.379 e. The highest BCUT2D eigenvalue weighted by atomic mass is 32.2. The molecule has 2 unspecified atom stereocenters. The molecule has 29 heavy (non-hydrogen) atoms. The maximum Gasteiger partial charge on any atom is 0.230 e. The normalized spacial score (nSPS) is 17.1. The van der Waals surface area contributed by atoms with Gasteiger partial charge in [-0.3, -0.25) is 9.69 Å². The molecule has 1 N–H and O–H groups in total.